The summed E-state index contributed by atoms with van der Waals surface area (Å²) in [6.45, 7) is 6.32. The van der Waals surface area contributed by atoms with Crippen LogP contribution in [0.3, 0.4) is 0 Å². The summed E-state index contributed by atoms with van der Waals surface area (Å²) in [7, 11) is 0. The van der Waals surface area contributed by atoms with E-state index in [1.807, 2.05) is 49.4 Å². The summed E-state index contributed by atoms with van der Waals surface area (Å²) in [6.07, 6.45) is 1.98. The van der Waals surface area contributed by atoms with Gasteiger partial charge >= 0.3 is 0 Å². The van der Waals surface area contributed by atoms with E-state index in [4.69, 9.17) is 0 Å². The second-order valence-electron chi connectivity index (χ2n) is 7.15. The van der Waals surface area contributed by atoms with E-state index in [9.17, 15) is 4.79 Å². The van der Waals surface area contributed by atoms with Crippen LogP contribution in [0.2, 0.25) is 0 Å². The Bertz CT molecular complexity index is 928. The van der Waals surface area contributed by atoms with Crippen molar-refractivity contribution in [3.63, 3.8) is 0 Å². The Hall–Kier alpha value is -2.18. The number of carbonyl (C=O) groups is 1. The highest BCUT2D eigenvalue weighted by atomic mass is 32.2. The normalized spacial score (nSPS) is 11.9. The number of fused-ring (bicyclic) bond motifs is 1. The van der Waals surface area contributed by atoms with Crippen LogP contribution in [0.25, 0.3) is 10.2 Å². The molecule has 0 saturated heterocycles. The molecule has 0 unspecified atom stereocenters. The third-order valence-electron chi connectivity index (χ3n) is 4.28. The Morgan fingerprint density at radius 1 is 1.18 bits per heavy atom. The van der Waals surface area contributed by atoms with Crippen molar-refractivity contribution in [3.05, 3.63) is 59.7 Å². The fourth-order valence-electron chi connectivity index (χ4n) is 2.57. The van der Waals surface area contributed by atoms with E-state index in [0.29, 0.717) is 11.5 Å². The maximum Gasteiger partial charge on any atom is 0.271 e. The van der Waals surface area contributed by atoms with E-state index in [1.54, 1.807) is 23.1 Å². The average Bonchev–Trinajstić information content (AvgIpc) is 3.12. The van der Waals surface area contributed by atoms with Gasteiger partial charge in [0.15, 0.2) is 4.34 Å². The van der Waals surface area contributed by atoms with Crippen LogP contribution in [0, 0.1) is 5.92 Å². The molecule has 28 heavy (non-hydrogen) atoms. The summed E-state index contributed by atoms with van der Waals surface area (Å²) in [5.74, 6) is 1.29. The number of amides is 1. The first-order valence-corrected chi connectivity index (χ1v) is 11.2. The summed E-state index contributed by atoms with van der Waals surface area (Å²) < 4.78 is 2.27. The van der Waals surface area contributed by atoms with Gasteiger partial charge in [0, 0.05) is 17.0 Å². The number of para-hydroxylation sites is 1. The molecule has 0 bridgehead atoms. The van der Waals surface area contributed by atoms with Crippen molar-refractivity contribution in [3.8, 4) is 0 Å². The van der Waals surface area contributed by atoms with Crippen molar-refractivity contribution >= 4 is 44.9 Å². The lowest BCUT2D eigenvalue weighted by Crippen LogP contribution is -2.19. The number of hydrazone groups is 1. The number of hydrogen-bond donors (Lipinski definition) is 1. The molecule has 1 amide bonds. The number of carbonyl (C=O) groups excluding carboxylic acids is 1. The Balaban J connectivity index is 1.52. The second-order valence-corrected chi connectivity index (χ2v) is 9.41. The molecule has 146 valence electrons. The maximum absolute atomic E-state index is 12.2. The monoisotopic (exact) mass is 411 g/mol. The van der Waals surface area contributed by atoms with Crippen molar-refractivity contribution in [2.24, 2.45) is 11.0 Å². The molecule has 0 atom stereocenters. The third kappa shape index (κ3) is 5.91. The molecule has 0 aliphatic heterocycles. The van der Waals surface area contributed by atoms with Crippen LogP contribution in [0.5, 0.6) is 0 Å². The first-order valence-electron chi connectivity index (χ1n) is 9.42. The molecule has 0 spiro atoms. The molecule has 0 aliphatic carbocycles. The number of hydrogen-bond acceptors (Lipinski definition) is 5. The van der Waals surface area contributed by atoms with E-state index < -0.39 is 0 Å². The van der Waals surface area contributed by atoms with E-state index in [1.165, 1.54) is 4.70 Å². The van der Waals surface area contributed by atoms with Gasteiger partial charge in [-0.2, -0.15) is 5.10 Å². The van der Waals surface area contributed by atoms with Crippen molar-refractivity contribution in [2.75, 3.05) is 0 Å². The van der Waals surface area contributed by atoms with Gasteiger partial charge in [-0.1, -0.05) is 49.9 Å². The number of nitrogens with one attached hydrogen (secondary N) is 1. The molecule has 0 radical (unpaired) electrons. The van der Waals surface area contributed by atoms with Crippen LogP contribution in [-0.2, 0) is 5.75 Å². The SMILES string of the molecule is CC(CCC(C)C)=NNC(=O)c1ccc(CSc2nc3ccccc3s2)cc1. The number of benzene rings is 2. The van der Waals surface area contributed by atoms with Gasteiger partial charge in [0.1, 0.15) is 0 Å². The van der Waals surface area contributed by atoms with Crippen molar-refractivity contribution in [1.29, 1.82) is 0 Å². The van der Waals surface area contributed by atoms with Gasteiger partial charge in [-0.3, -0.25) is 4.79 Å². The van der Waals surface area contributed by atoms with Gasteiger partial charge in [0.25, 0.3) is 5.91 Å². The molecule has 4 nitrogen and oxygen atoms in total. The highest BCUT2D eigenvalue weighted by molar-refractivity contribution is 8.00. The largest absolute Gasteiger partial charge is 0.271 e. The lowest BCUT2D eigenvalue weighted by molar-refractivity contribution is 0.0954. The van der Waals surface area contributed by atoms with Crippen LogP contribution in [0.15, 0.2) is 58.0 Å². The molecule has 3 rings (SSSR count). The van der Waals surface area contributed by atoms with Crippen LogP contribution in [0.4, 0.5) is 0 Å². The van der Waals surface area contributed by atoms with E-state index in [0.717, 1.165) is 39.7 Å². The van der Waals surface area contributed by atoms with Gasteiger partial charge in [0.05, 0.1) is 10.2 Å². The Morgan fingerprint density at radius 2 is 1.93 bits per heavy atom. The summed E-state index contributed by atoms with van der Waals surface area (Å²) in [4.78, 5) is 16.9. The Kier molecular flexibility index (Phi) is 7.23. The van der Waals surface area contributed by atoms with Crippen LogP contribution in [0.1, 0.15) is 49.5 Å². The zero-order valence-corrected chi connectivity index (χ0v) is 18.1. The number of rotatable bonds is 8. The van der Waals surface area contributed by atoms with Crippen molar-refractivity contribution in [1.82, 2.24) is 10.4 Å². The minimum Gasteiger partial charge on any atom is -0.267 e. The molecule has 2 aromatic carbocycles. The predicted octanol–water partition coefficient (Wildman–Crippen LogP) is 6.13. The maximum atomic E-state index is 12.2. The molecule has 1 aromatic heterocycles. The lowest BCUT2D eigenvalue weighted by Gasteiger charge is -2.05. The van der Waals surface area contributed by atoms with Crippen LogP contribution in [-0.4, -0.2) is 16.6 Å². The van der Waals surface area contributed by atoms with Gasteiger partial charge < -0.3 is 0 Å². The minimum absolute atomic E-state index is 0.172. The average molecular weight is 412 g/mol. The summed E-state index contributed by atoms with van der Waals surface area (Å²) in [5.41, 5.74) is 6.43. The van der Waals surface area contributed by atoms with Gasteiger partial charge in [0.2, 0.25) is 0 Å². The summed E-state index contributed by atoms with van der Waals surface area (Å²) in [5, 5.41) is 4.20. The van der Waals surface area contributed by atoms with E-state index in [2.05, 4.69) is 35.4 Å². The fraction of sp³-hybridized carbons (Fsp3) is 0.318. The highest BCUT2D eigenvalue weighted by Crippen LogP contribution is 2.31. The number of aromatic nitrogens is 1. The lowest BCUT2D eigenvalue weighted by atomic mass is 10.1. The number of nitrogens with zero attached hydrogens (tertiary/aromatic N) is 2. The van der Waals surface area contributed by atoms with E-state index in [-0.39, 0.29) is 5.91 Å². The fourth-order valence-corrected chi connectivity index (χ4v) is 4.60. The Morgan fingerprint density at radius 3 is 2.64 bits per heavy atom. The third-order valence-corrected chi connectivity index (χ3v) is 6.53. The quantitative estimate of drug-likeness (QED) is 0.275. The van der Waals surface area contributed by atoms with Gasteiger partial charge in [-0.15, -0.1) is 11.3 Å². The van der Waals surface area contributed by atoms with E-state index >= 15 is 0 Å². The second kappa shape index (κ2) is 9.85. The van der Waals surface area contributed by atoms with Crippen LogP contribution >= 0.6 is 23.1 Å². The van der Waals surface area contributed by atoms with Gasteiger partial charge in [-0.25, -0.2) is 10.4 Å². The molecule has 1 heterocycles. The smallest absolute Gasteiger partial charge is 0.267 e. The molecule has 1 N–H and O–H groups in total. The van der Waals surface area contributed by atoms with Crippen LogP contribution < -0.4 is 5.43 Å². The minimum atomic E-state index is -0.172. The summed E-state index contributed by atoms with van der Waals surface area (Å²) in [6, 6.07) is 15.9. The predicted molar refractivity (Wildman–Crippen MR) is 120 cm³/mol. The number of thioether (sulfide) groups is 1. The molecule has 3 aromatic rings. The zero-order chi connectivity index (χ0) is 19.9. The topological polar surface area (TPSA) is 54.4 Å². The molecular weight excluding hydrogens is 386 g/mol. The molecule has 0 fully saturated rings. The standard InChI is InChI=1S/C22H25N3OS2/c1-15(2)8-9-16(3)24-25-21(26)18-12-10-17(11-13-18)14-27-22-23-19-6-4-5-7-20(19)28-22/h4-7,10-13,15H,8-9,14H2,1-3H3,(H,25,26). The molecule has 0 aliphatic rings. The first kappa shape index (κ1) is 20.6. The van der Waals surface area contributed by atoms with Crippen molar-refractivity contribution in [2.45, 2.75) is 43.7 Å². The highest BCUT2D eigenvalue weighted by Gasteiger charge is 2.07. The van der Waals surface area contributed by atoms with Gasteiger partial charge in [-0.05, 0) is 55.5 Å². The van der Waals surface area contributed by atoms with Crippen molar-refractivity contribution < 1.29 is 4.79 Å². The Labute approximate surface area is 174 Å². The zero-order valence-electron chi connectivity index (χ0n) is 16.4. The number of thiazole rings is 1. The molecule has 6 heteroatoms. The molecular formula is C22H25N3OS2. The molecule has 0 saturated carbocycles. The summed E-state index contributed by atoms with van der Waals surface area (Å²) >= 11 is 3.43. The first-order chi connectivity index (χ1) is 13.5.